The highest BCUT2D eigenvalue weighted by atomic mass is 32.2. The smallest absolute Gasteiger partial charge is 0.128 e. The predicted octanol–water partition coefficient (Wildman–Crippen LogP) is 2.69. The average molecular weight is 251 g/mol. The molecule has 2 N–H and O–H groups in total. The first-order valence-corrected chi connectivity index (χ1v) is 7.07. The molecule has 0 atom stereocenters. The predicted molar refractivity (Wildman–Crippen MR) is 76.8 cm³/mol. The Bertz CT molecular complexity index is 404. The van der Waals surface area contributed by atoms with Gasteiger partial charge in [0.2, 0.25) is 0 Å². The van der Waals surface area contributed by atoms with Crippen molar-refractivity contribution < 1.29 is 0 Å². The Morgan fingerprint density at radius 2 is 2.18 bits per heavy atom. The number of pyridine rings is 1. The highest BCUT2D eigenvalue weighted by Gasteiger charge is 2.24. The van der Waals surface area contributed by atoms with Crippen LogP contribution in [0.2, 0.25) is 0 Å². The summed E-state index contributed by atoms with van der Waals surface area (Å²) in [5, 5.41) is 0. The van der Waals surface area contributed by atoms with Gasteiger partial charge in [-0.3, -0.25) is 0 Å². The third-order valence-corrected chi connectivity index (χ3v) is 4.67. The number of hydrogen-bond acceptors (Lipinski definition) is 4. The van der Waals surface area contributed by atoms with Gasteiger partial charge in [0.05, 0.1) is 11.9 Å². The van der Waals surface area contributed by atoms with Crippen molar-refractivity contribution in [2.45, 2.75) is 31.9 Å². The maximum atomic E-state index is 5.81. The van der Waals surface area contributed by atoms with Gasteiger partial charge in [-0.25, -0.2) is 4.98 Å². The normalized spacial score (nSPS) is 20.1. The van der Waals surface area contributed by atoms with Gasteiger partial charge in [0.25, 0.3) is 0 Å². The van der Waals surface area contributed by atoms with Crippen molar-refractivity contribution in [2.24, 2.45) is 0 Å². The number of hydrogen-bond donors (Lipinski definition) is 1. The van der Waals surface area contributed by atoms with E-state index in [0.29, 0.717) is 4.75 Å². The van der Waals surface area contributed by atoms with Crippen molar-refractivity contribution >= 4 is 23.3 Å². The van der Waals surface area contributed by atoms with E-state index >= 15 is 0 Å². The molecule has 1 aliphatic rings. The van der Waals surface area contributed by atoms with Crippen molar-refractivity contribution in [1.29, 1.82) is 0 Å². The number of thioether (sulfide) groups is 1. The lowest BCUT2D eigenvalue weighted by Gasteiger charge is -2.23. The fraction of sp³-hybridized carbons (Fsp3) is 0.615. The summed E-state index contributed by atoms with van der Waals surface area (Å²) in [4.78, 5) is 6.81. The first kappa shape index (κ1) is 12.6. The van der Waals surface area contributed by atoms with E-state index in [2.05, 4.69) is 41.6 Å². The first-order chi connectivity index (χ1) is 7.98. The second-order valence-corrected chi connectivity index (χ2v) is 7.05. The van der Waals surface area contributed by atoms with Crippen LogP contribution in [-0.2, 0) is 0 Å². The Balaban J connectivity index is 2.14. The van der Waals surface area contributed by atoms with Crippen LogP contribution in [0.1, 0.15) is 25.8 Å². The number of aryl methyl sites for hydroxylation is 1. The van der Waals surface area contributed by atoms with E-state index in [9.17, 15) is 0 Å². The fourth-order valence-corrected chi connectivity index (χ4v) is 3.07. The summed E-state index contributed by atoms with van der Waals surface area (Å²) in [5.74, 6) is 2.23. The van der Waals surface area contributed by atoms with Gasteiger partial charge in [-0.05, 0) is 25.0 Å². The van der Waals surface area contributed by atoms with Gasteiger partial charge < -0.3 is 10.6 Å². The van der Waals surface area contributed by atoms with Crippen LogP contribution in [0, 0.1) is 6.92 Å². The lowest BCUT2D eigenvalue weighted by atomic mass is 10.1. The van der Waals surface area contributed by atoms with E-state index in [0.717, 1.165) is 35.9 Å². The molecule has 0 saturated carbocycles. The van der Waals surface area contributed by atoms with Crippen LogP contribution in [0.25, 0.3) is 0 Å². The Kier molecular flexibility index (Phi) is 3.52. The molecule has 17 heavy (non-hydrogen) atoms. The van der Waals surface area contributed by atoms with Gasteiger partial charge in [0.15, 0.2) is 0 Å². The zero-order valence-corrected chi connectivity index (χ0v) is 11.7. The van der Waals surface area contributed by atoms with E-state index in [1.165, 1.54) is 6.42 Å². The lowest BCUT2D eigenvalue weighted by Crippen LogP contribution is -2.27. The topological polar surface area (TPSA) is 42.2 Å². The zero-order valence-electron chi connectivity index (χ0n) is 10.9. The zero-order chi connectivity index (χ0) is 12.5. The average Bonchev–Trinajstić information content (AvgIpc) is 2.44. The van der Waals surface area contributed by atoms with Crippen LogP contribution in [0.15, 0.2) is 12.3 Å². The summed E-state index contributed by atoms with van der Waals surface area (Å²) in [7, 11) is 0. The van der Waals surface area contributed by atoms with Gasteiger partial charge in [-0.15, -0.1) is 0 Å². The molecular formula is C13H21N3S. The molecule has 3 nitrogen and oxygen atoms in total. The first-order valence-electron chi connectivity index (χ1n) is 6.09. The molecule has 0 bridgehead atoms. The molecular weight excluding hydrogens is 230 g/mol. The van der Waals surface area contributed by atoms with Gasteiger partial charge in [-0.2, -0.15) is 11.8 Å². The molecule has 0 radical (unpaired) electrons. The van der Waals surface area contributed by atoms with Crippen molar-refractivity contribution in [1.82, 2.24) is 4.98 Å². The van der Waals surface area contributed by atoms with Gasteiger partial charge in [0, 0.05) is 23.6 Å². The van der Waals surface area contributed by atoms with Crippen molar-refractivity contribution in [3.8, 4) is 0 Å². The molecule has 2 rings (SSSR count). The van der Waals surface area contributed by atoms with E-state index in [-0.39, 0.29) is 0 Å². The monoisotopic (exact) mass is 251 g/mol. The molecule has 0 amide bonds. The summed E-state index contributed by atoms with van der Waals surface area (Å²) in [6.45, 7) is 8.84. The lowest BCUT2D eigenvalue weighted by molar-refractivity contribution is 0.635. The Hall–Kier alpha value is -0.900. The van der Waals surface area contributed by atoms with Crippen molar-refractivity contribution in [3.63, 3.8) is 0 Å². The van der Waals surface area contributed by atoms with Gasteiger partial charge in [0.1, 0.15) is 5.82 Å². The summed E-state index contributed by atoms with van der Waals surface area (Å²) >= 11 is 2.05. The largest absolute Gasteiger partial charge is 0.397 e. The maximum absolute atomic E-state index is 5.81. The molecule has 4 heteroatoms. The minimum absolute atomic E-state index is 0.387. The van der Waals surface area contributed by atoms with Gasteiger partial charge >= 0.3 is 0 Å². The molecule has 1 aromatic heterocycles. The number of aromatic nitrogens is 1. The van der Waals surface area contributed by atoms with Crippen molar-refractivity contribution in [2.75, 3.05) is 29.5 Å². The second kappa shape index (κ2) is 4.77. The summed E-state index contributed by atoms with van der Waals surface area (Å²) < 4.78 is 0.387. The number of nitrogens with two attached hydrogens (primary N) is 1. The summed E-state index contributed by atoms with van der Waals surface area (Å²) in [6, 6.07) is 2.10. The highest BCUT2D eigenvalue weighted by molar-refractivity contribution is 8.00. The van der Waals surface area contributed by atoms with E-state index in [1.54, 1.807) is 6.20 Å². The summed E-state index contributed by atoms with van der Waals surface area (Å²) in [5.41, 5.74) is 7.70. The molecule has 1 saturated heterocycles. The number of rotatable bonds is 1. The van der Waals surface area contributed by atoms with Gasteiger partial charge in [-0.1, -0.05) is 13.8 Å². The fourth-order valence-electron chi connectivity index (χ4n) is 1.97. The minimum atomic E-state index is 0.387. The van der Waals surface area contributed by atoms with Crippen LogP contribution in [0.3, 0.4) is 0 Å². The number of anilines is 2. The highest BCUT2D eigenvalue weighted by Crippen LogP contribution is 2.32. The molecule has 1 aliphatic heterocycles. The molecule has 2 heterocycles. The van der Waals surface area contributed by atoms with Crippen LogP contribution < -0.4 is 10.6 Å². The Morgan fingerprint density at radius 1 is 1.41 bits per heavy atom. The maximum Gasteiger partial charge on any atom is 0.128 e. The third kappa shape index (κ3) is 3.06. The quantitative estimate of drug-likeness (QED) is 0.833. The van der Waals surface area contributed by atoms with E-state index < -0.39 is 0 Å². The van der Waals surface area contributed by atoms with Crippen molar-refractivity contribution in [3.05, 3.63) is 17.8 Å². The molecule has 0 spiro atoms. The molecule has 0 aromatic carbocycles. The third-order valence-electron chi connectivity index (χ3n) is 3.30. The Morgan fingerprint density at radius 3 is 2.88 bits per heavy atom. The molecule has 0 aliphatic carbocycles. The second-order valence-electron chi connectivity index (χ2n) is 5.24. The van der Waals surface area contributed by atoms with Crippen LogP contribution in [0.5, 0.6) is 0 Å². The SMILES string of the molecule is Cc1cc(N2CCSC(C)(C)CC2)ncc1N. The molecule has 0 unspecified atom stereocenters. The molecule has 94 valence electrons. The number of nitrogen functional groups attached to an aromatic ring is 1. The van der Waals surface area contributed by atoms with E-state index in [4.69, 9.17) is 5.73 Å². The summed E-state index contributed by atoms with van der Waals surface area (Å²) in [6.07, 6.45) is 2.97. The molecule has 1 fully saturated rings. The van der Waals surface area contributed by atoms with E-state index in [1.807, 2.05) is 6.92 Å². The standard InChI is InChI=1S/C13H21N3S/c1-10-8-12(15-9-11(10)14)16-5-4-13(2,3)17-7-6-16/h8-9H,4-7,14H2,1-3H3. The Labute approximate surface area is 108 Å². The minimum Gasteiger partial charge on any atom is -0.397 e. The molecule has 1 aromatic rings. The van der Waals surface area contributed by atoms with Crippen LogP contribution in [0.4, 0.5) is 11.5 Å². The number of nitrogens with zero attached hydrogens (tertiary/aromatic N) is 2. The van der Waals surface area contributed by atoms with Crippen LogP contribution in [-0.4, -0.2) is 28.6 Å². The van der Waals surface area contributed by atoms with Crippen LogP contribution >= 0.6 is 11.8 Å².